The summed E-state index contributed by atoms with van der Waals surface area (Å²) in [6, 6.07) is 3.37. The van der Waals surface area contributed by atoms with E-state index in [2.05, 4.69) is 9.72 Å². The normalized spacial score (nSPS) is 22.3. The smallest absolute Gasteiger partial charge is 0.356 e. The third kappa shape index (κ3) is 3.70. The fraction of sp³-hybridized carbons (Fsp3) is 0.600. The highest BCUT2D eigenvalue weighted by Gasteiger charge is 2.24. The van der Waals surface area contributed by atoms with E-state index in [9.17, 15) is 4.79 Å². The van der Waals surface area contributed by atoms with Crippen LogP contribution in [0.4, 0.5) is 0 Å². The Kier molecular flexibility index (Phi) is 5.35. The maximum Gasteiger partial charge on any atom is 0.356 e. The molecular weight excluding hydrogens is 256 g/mol. The molecule has 1 saturated carbocycles. The van der Waals surface area contributed by atoms with Crippen LogP contribution in [0, 0.1) is 11.8 Å². The molecule has 2 rings (SSSR count). The van der Waals surface area contributed by atoms with Crippen LogP contribution in [0.15, 0.2) is 18.3 Å². The fourth-order valence-electron chi connectivity index (χ4n) is 2.73. The summed E-state index contributed by atoms with van der Waals surface area (Å²) < 4.78 is 10.5. The molecular formula is C15H22N2O3. The van der Waals surface area contributed by atoms with Crippen molar-refractivity contribution in [3.8, 4) is 5.75 Å². The molecule has 5 nitrogen and oxygen atoms in total. The number of carbonyl (C=O) groups excluding carboxylic acids is 1. The lowest BCUT2D eigenvalue weighted by Gasteiger charge is -2.30. The SMILES string of the molecule is COC(=O)c1cc(OCC2CCCCC2CN)ccn1. The first kappa shape index (κ1) is 14.8. The number of esters is 1. The van der Waals surface area contributed by atoms with Crippen LogP contribution in [0.5, 0.6) is 5.75 Å². The number of aromatic nitrogens is 1. The second kappa shape index (κ2) is 7.24. The van der Waals surface area contributed by atoms with Crippen LogP contribution in [-0.2, 0) is 4.74 Å². The maximum atomic E-state index is 11.4. The second-order valence-electron chi connectivity index (χ2n) is 5.22. The van der Waals surface area contributed by atoms with Crippen molar-refractivity contribution in [3.05, 3.63) is 24.0 Å². The zero-order valence-electron chi connectivity index (χ0n) is 11.9. The summed E-state index contributed by atoms with van der Waals surface area (Å²) in [5, 5.41) is 0. The van der Waals surface area contributed by atoms with Crippen molar-refractivity contribution in [2.24, 2.45) is 17.6 Å². The van der Waals surface area contributed by atoms with Crippen molar-refractivity contribution in [1.29, 1.82) is 0 Å². The molecule has 1 aliphatic carbocycles. The van der Waals surface area contributed by atoms with E-state index in [1.807, 2.05) is 0 Å². The molecule has 0 amide bonds. The molecule has 1 aromatic rings. The van der Waals surface area contributed by atoms with Crippen molar-refractivity contribution in [2.45, 2.75) is 25.7 Å². The number of pyridine rings is 1. The molecule has 2 atom stereocenters. The quantitative estimate of drug-likeness (QED) is 0.834. The van der Waals surface area contributed by atoms with Crippen molar-refractivity contribution >= 4 is 5.97 Å². The highest BCUT2D eigenvalue weighted by atomic mass is 16.5. The monoisotopic (exact) mass is 278 g/mol. The molecule has 0 saturated heterocycles. The third-order valence-corrected chi connectivity index (χ3v) is 3.96. The molecule has 1 aromatic heterocycles. The zero-order valence-corrected chi connectivity index (χ0v) is 11.9. The molecule has 0 bridgehead atoms. The van der Waals surface area contributed by atoms with E-state index in [4.69, 9.17) is 10.5 Å². The van der Waals surface area contributed by atoms with Gasteiger partial charge in [0.2, 0.25) is 0 Å². The van der Waals surface area contributed by atoms with Gasteiger partial charge in [0, 0.05) is 12.3 Å². The minimum Gasteiger partial charge on any atom is -0.493 e. The lowest BCUT2D eigenvalue weighted by atomic mass is 9.80. The van der Waals surface area contributed by atoms with E-state index in [-0.39, 0.29) is 5.69 Å². The highest BCUT2D eigenvalue weighted by molar-refractivity contribution is 5.87. The number of nitrogens with zero attached hydrogens (tertiary/aromatic N) is 1. The summed E-state index contributed by atoms with van der Waals surface area (Å²) in [4.78, 5) is 15.4. The van der Waals surface area contributed by atoms with Crippen LogP contribution < -0.4 is 10.5 Å². The Hall–Kier alpha value is -1.62. The van der Waals surface area contributed by atoms with Gasteiger partial charge in [-0.25, -0.2) is 9.78 Å². The summed E-state index contributed by atoms with van der Waals surface area (Å²) in [5.41, 5.74) is 6.09. The first-order chi connectivity index (χ1) is 9.74. The molecule has 2 unspecified atom stereocenters. The number of hydrogen-bond acceptors (Lipinski definition) is 5. The Morgan fingerprint density at radius 1 is 1.40 bits per heavy atom. The topological polar surface area (TPSA) is 74.4 Å². The Balaban J connectivity index is 1.94. The molecule has 0 aromatic carbocycles. The van der Waals surface area contributed by atoms with Crippen molar-refractivity contribution < 1.29 is 14.3 Å². The summed E-state index contributed by atoms with van der Waals surface area (Å²) in [6.45, 7) is 1.37. The van der Waals surface area contributed by atoms with Gasteiger partial charge >= 0.3 is 5.97 Å². The van der Waals surface area contributed by atoms with Gasteiger partial charge < -0.3 is 15.2 Å². The van der Waals surface area contributed by atoms with Gasteiger partial charge in [-0.3, -0.25) is 0 Å². The minimum atomic E-state index is -0.451. The van der Waals surface area contributed by atoms with Gasteiger partial charge in [0.15, 0.2) is 5.69 Å². The predicted octanol–water partition coefficient (Wildman–Crippen LogP) is 2.01. The number of nitrogens with two attached hydrogens (primary N) is 1. The Morgan fingerprint density at radius 2 is 2.15 bits per heavy atom. The van der Waals surface area contributed by atoms with Crippen LogP contribution in [0.1, 0.15) is 36.2 Å². The molecule has 110 valence electrons. The third-order valence-electron chi connectivity index (χ3n) is 3.96. The van der Waals surface area contributed by atoms with Gasteiger partial charge in [-0.15, -0.1) is 0 Å². The number of hydrogen-bond donors (Lipinski definition) is 1. The van der Waals surface area contributed by atoms with Crippen LogP contribution in [0.3, 0.4) is 0 Å². The molecule has 0 radical (unpaired) electrons. The zero-order chi connectivity index (χ0) is 14.4. The van der Waals surface area contributed by atoms with Crippen molar-refractivity contribution in [1.82, 2.24) is 4.98 Å². The number of ether oxygens (including phenoxy) is 2. The lowest BCUT2D eigenvalue weighted by Crippen LogP contribution is -2.30. The van der Waals surface area contributed by atoms with Crippen LogP contribution in [0.25, 0.3) is 0 Å². The number of carbonyl (C=O) groups is 1. The average Bonchev–Trinajstić information content (AvgIpc) is 2.52. The number of methoxy groups -OCH3 is 1. The molecule has 0 aliphatic heterocycles. The molecule has 5 heteroatoms. The standard InChI is InChI=1S/C15H22N2O3/c1-19-15(18)14-8-13(6-7-17-14)20-10-12-5-3-2-4-11(12)9-16/h6-8,11-12H,2-5,9-10,16H2,1H3. The van der Waals surface area contributed by atoms with Gasteiger partial charge in [-0.2, -0.15) is 0 Å². The van der Waals surface area contributed by atoms with E-state index in [1.165, 1.54) is 26.4 Å². The first-order valence-electron chi connectivity index (χ1n) is 7.12. The second-order valence-corrected chi connectivity index (χ2v) is 5.22. The van der Waals surface area contributed by atoms with E-state index in [0.717, 1.165) is 13.0 Å². The summed E-state index contributed by atoms with van der Waals surface area (Å²) in [5.74, 6) is 1.25. The Labute approximate surface area is 119 Å². The van der Waals surface area contributed by atoms with E-state index in [0.29, 0.717) is 24.2 Å². The molecule has 1 heterocycles. The Bertz CT molecular complexity index is 450. The van der Waals surface area contributed by atoms with Gasteiger partial charge in [-0.1, -0.05) is 12.8 Å². The summed E-state index contributed by atoms with van der Waals surface area (Å²) >= 11 is 0. The summed E-state index contributed by atoms with van der Waals surface area (Å²) in [6.07, 6.45) is 6.42. The average molecular weight is 278 g/mol. The molecule has 20 heavy (non-hydrogen) atoms. The maximum absolute atomic E-state index is 11.4. The number of rotatable bonds is 5. The minimum absolute atomic E-state index is 0.268. The first-order valence-corrected chi connectivity index (χ1v) is 7.12. The van der Waals surface area contributed by atoms with Gasteiger partial charge in [-0.05, 0) is 37.3 Å². The molecule has 0 spiro atoms. The summed E-state index contributed by atoms with van der Waals surface area (Å²) in [7, 11) is 1.34. The Morgan fingerprint density at radius 3 is 2.85 bits per heavy atom. The van der Waals surface area contributed by atoms with Crippen LogP contribution in [0.2, 0.25) is 0 Å². The molecule has 1 fully saturated rings. The molecule has 1 aliphatic rings. The van der Waals surface area contributed by atoms with E-state index >= 15 is 0 Å². The van der Waals surface area contributed by atoms with Gasteiger partial charge in [0.25, 0.3) is 0 Å². The molecule has 2 N–H and O–H groups in total. The highest BCUT2D eigenvalue weighted by Crippen LogP contribution is 2.29. The lowest BCUT2D eigenvalue weighted by molar-refractivity contribution is 0.0593. The van der Waals surface area contributed by atoms with Gasteiger partial charge in [0.1, 0.15) is 5.75 Å². The van der Waals surface area contributed by atoms with Crippen LogP contribution in [-0.4, -0.2) is 31.2 Å². The van der Waals surface area contributed by atoms with Crippen molar-refractivity contribution in [3.63, 3.8) is 0 Å². The van der Waals surface area contributed by atoms with Crippen LogP contribution >= 0.6 is 0 Å². The van der Waals surface area contributed by atoms with Crippen molar-refractivity contribution in [2.75, 3.05) is 20.3 Å². The van der Waals surface area contributed by atoms with Gasteiger partial charge in [0.05, 0.1) is 13.7 Å². The van der Waals surface area contributed by atoms with E-state index < -0.39 is 5.97 Å². The fourth-order valence-corrected chi connectivity index (χ4v) is 2.73. The van der Waals surface area contributed by atoms with E-state index in [1.54, 1.807) is 18.3 Å². The predicted molar refractivity (Wildman–Crippen MR) is 75.6 cm³/mol. The largest absolute Gasteiger partial charge is 0.493 e.